The summed E-state index contributed by atoms with van der Waals surface area (Å²) in [6, 6.07) is 17.9. The second-order valence-corrected chi connectivity index (χ2v) is 5.67. The van der Waals surface area contributed by atoms with Crippen molar-refractivity contribution in [1.29, 1.82) is 0 Å². The van der Waals surface area contributed by atoms with Gasteiger partial charge in [0.15, 0.2) is 0 Å². The van der Waals surface area contributed by atoms with E-state index in [0.29, 0.717) is 4.99 Å². The van der Waals surface area contributed by atoms with Crippen LogP contribution in [-0.2, 0) is 0 Å². The van der Waals surface area contributed by atoms with Gasteiger partial charge in [-0.1, -0.05) is 46.3 Å². The predicted octanol–water partition coefficient (Wildman–Crippen LogP) is 5.20. The van der Waals surface area contributed by atoms with Crippen LogP contribution in [0.25, 0.3) is 0 Å². The number of halogens is 1. The zero-order valence-corrected chi connectivity index (χ0v) is 13.5. The Labute approximate surface area is 133 Å². The van der Waals surface area contributed by atoms with E-state index in [1.807, 2.05) is 67.6 Å². The minimum absolute atomic E-state index is 0.679. The highest BCUT2D eigenvalue weighted by atomic mass is 79.9. The van der Waals surface area contributed by atoms with Gasteiger partial charge in [0, 0.05) is 21.5 Å². The average Bonchev–Trinajstić information content (AvgIpc) is 2.42. The van der Waals surface area contributed by atoms with Gasteiger partial charge in [0.2, 0.25) is 0 Å². The van der Waals surface area contributed by atoms with Gasteiger partial charge < -0.3 is 10.6 Å². The minimum Gasteiger partial charge on any atom is -0.359 e. The van der Waals surface area contributed by atoms with Gasteiger partial charge in [-0.25, -0.2) is 0 Å². The number of benzene rings is 2. The molecule has 0 saturated carbocycles. The van der Waals surface area contributed by atoms with E-state index in [9.17, 15) is 0 Å². The number of rotatable bonds is 4. The molecule has 0 amide bonds. The smallest absolute Gasteiger partial charge is 0.105 e. The zero-order chi connectivity index (χ0) is 14.4. The van der Waals surface area contributed by atoms with Crippen LogP contribution in [0.4, 0.5) is 11.4 Å². The molecule has 0 aromatic heterocycles. The first kappa shape index (κ1) is 14.8. The van der Waals surface area contributed by atoms with Crippen LogP contribution in [0.3, 0.4) is 0 Å². The van der Waals surface area contributed by atoms with Crippen molar-refractivity contribution in [1.82, 2.24) is 0 Å². The molecular weight excluding hydrogens is 332 g/mol. The van der Waals surface area contributed by atoms with Crippen molar-refractivity contribution in [3.8, 4) is 0 Å². The Morgan fingerprint density at radius 3 is 2.20 bits per heavy atom. The molecular formula is C16H15BrN2S. The average molecular weight is 347 g/mol. The molecule has 2 aromatic rings. The summed E-state index contributed by atoms with van der Waals surface area (Å²) in [4.78, 5) is 0.679. The highest BCUT2D eigenvalue weighted by molar-refractivity contribution is 9.10. The number of hydrogen-bond acceptors (Lipinski definition) is 2. The Morgan fingerprint density at radius 2 is 1.55 bits per heavy atom. The lowest BCUT2D eigenvalue weighted by atomic mass is 10.3. The molecule has 0 heterocycles. The molecule has 2 nitrogen and oxygen atoms in total. The Kier molecular flexibility index (Phi) is 5.32. The zero-order valence-electron chi connectivity index (χ0n) is 11.1. The van der Waals surface area contributed by atoms with E-state index in [1.54, 1.807) is 0 Å². The monoisotopic (exact) mass is 346 g/mol. The van der Waals surface area contributed by atoms with E-state index < -0.39 is 0 Å². The van der Waals surface area contributed by atoms with Crippen molar-refractivity contribution in [2.75, 3.05) is 10.6 Å². The SMILES string of the molecule is C/C(=C\C(=S)Nc1ccccc1)Nc1ccc(Br)cc1. The lowest BCUT2D eigenvalue weighted by Gasteiger charge is -2.08. The van der Waals surface area contributed by atoms with Crippen molar-refractivity contribution in [2.24, 2.45) is 0 Å². The number of para-hydroxylation sites is 1. The molecule has 0 aliphatic rings. The molecule has 0 saturated heterocycles. The number of allylic oxidation sites excluding steroid dienone is 1. The minimum atomic E-state index is 0.679. The summed E-state index contributed by atoms with van der Waals surface area (Å²) in [6.07, 6.45) is 1.91. The maximum atomic E-state index is 5.31. The third-order valence-electron chi connectivity index (χ3n) is 2.57. The summed E-state index contributed by atoms with van der Waals surface area (Å²) >= 11 is 8.73. The summed E-state index contributed by atoms with van der Waals surface area (Å²) in [5.41, 5.74) is 3.01. The second-order valence-electron chi connectivity index (χ2n) is 4.31. The van der Waals surface area contributed by atoms with E-state index in [4.69, 9.17) is 12.2 Å². The fourth-order valence-electron chi connectivity index (χ4n) is 1.69. The number of anilines is 2. The number of nitrogens with one attached hydrogen (secondary N) is 2. The van der Waals surface area contributed by atoms with Gasteiger partial charge in [-0.05, 0) is 49.4 Å². The molecule has 0 unspecified atom stereocenters. The van der Waals surface area contributed by atoms with Crippen LogP contribution in [0.1, 0.15) is 6.92 Å². The summed E-state index contributed by atoms with van der Waals surface area (Å²) in [7, 11) is 0. The quantitative estimate of drug-likeness (QED) is 0.587. The predicted molar refractivity (Wildman–Crippen MR) is 94.2 cm³/mol. The van der Waals surface area contributed by atoms with Crippen molar-refractivity contribution in [3.63, 3.8) is 0 Å². The standard InChI is InChI=1S/C16H15BrN2S/c1-12(18-15-9-7-13(17)8-10-15)11-16(20)19-14-5-3-2-4-6-14/h2-11,18H,1H3,(H,19,20)/b12-11+. The van der Waals surface area contributed by atoms with Gasteiger partial charge in [-0.2, -0.15) is 0 Å². The second kappa shape index (κ2) is 7.22. The van der Waals surface area contributed by atoms with Crippen LogP contribution < -0.4 is 10.6 Å². The van der Waals surface area contributed by atoms with Crippen LogP contribution in [-0.4, -0.2) is 4.99 Å². The number of hydrogen-bond donors (Lipinski definition) is 2. The molecule has 2 rings (SSSR count). The Morgan fingerprint density at radius 1 is 0.950 bits per heavy atom. The summed E-state index contributed by atoms with van der Waals surface area (Å²) in [6.45, 7) is 1.99. The first-order valence-electron chi connectivity index (χ1n) is 6.20. The Balaban J connectivity index is 1.96. The molecule has 0 radical (unpaired) electrons. The maximum Gasteiger partial charge on any atom is 0.105 e. The van der Waals surface area contributed by atoms with Crippen molar-refractivity contribution < 1.29 is 0 Å². The van der Waals surface area contributed by atoms with Crippen LogP contribution in [0, 0.1) is 0 Å². The Hall–Kier alpha value is -1.65. The molecule has 2 aromatic carbocycles. The first-order chi connectivity index (χ1) is 9.63. The molecule has 4 heteroatoms. The van der Waals surface area contributed by atoms with Gasteiger partial charge in [-0.3, -0.25) is 0 Å². The topological polar surface area (TPSA) is 24.1 Å². The van der Waals surface area contributed by atoms with Gasteiger partial charge in [-0.15, -0.1) is 0 Å². The molecule has 0 aliphatic heterocycles. The maximum absolute atomic E-state index is 5.31. The van der Waals surface area contributed by atoms with E-state index >= 15 is 0 Å². The summed E-state index contributed by atoms with van der Waals surface area (Å²) in [5, 5.41) is 6.47. The molecule has 0 bridgehead atoms. The molecule has 0 aliphatic carbocycles. The fraction of sp³-hybridized carbons (Fsp3) is 0.0625. The third kappa shape index (κ3) is 4.79. The van der Waals surface area contributed by atoms with Crippen molar-refractivity contribution >= 4 is 44.5 Å². The van der Waals surface area contributed by atoms with Crippen LogP contribution in [0.5, 0.6) is 0 Å². The highest BCUT2D eigenvalue weighted by Crippen LogP contribution is 2.15. The molecule has 2 N–H and O–H groups in total. The van der Waals surface area contributed by atoms with Gasteiger partial charge in [0.1, 0.15) is 4.99 Å². The van der Waals surface area contributed by atoms with Gasteiger partial charge >= 0.3 is 0 Å². The third-order valence-corrected chi connectivity index (χ3v) is 3.32. The van der Waals surface area contributed by atoms with E-state index in [2.05, 4.69) is 26.6 Å². The van der Waals surface area contributed by atoms with Crippen molar-refractivity contribution in [3.05, 3.63) is 70.8 Å². The van der Waals surface area contributed by atoms with Gasteiger partial charge in [0.05, 0.1) is 0 Å². The molecule has 0 spiro atoms. The highest BCUT2D eigenvalue weighted by Gasteiger charge is 1.97. The molecule has 102 valence electrons. The van der Waals surface area contributed by atoms with E-state index in [1.165, 1.54) is 0 Å². The lowest BCUT2D eigenvalue weighted by Crippen LogP contribution is -2.08. The number of thiocarbonyl (C=S) groups is 1. The molecule has 0 atom stereocenters. The summed E-state index contributed by atoms with van der Waals surface area (Å²) in [5.74, 6) is 0. The molecule has 0 fully saturated rings. The largest absolute Gasteiger partial charge is 0.359 e. The molecule has 20 heavy (non-hydrogen) atoms. The normalized spacial score (nSPS) is 11.0. The summed E-state index contributed by atoms with van der Waals surface area (Å²) < 4.78 is 1.06. The fourth-order valence-corrected chi connectivity index (χ4v) is 2.25. The van der Waals surface area contributed by atoms with Crippen LogP contribution in [0.2, 0.25) is 0 Å². The Bertz CT molecular complexity index is 606. The lowest BCUT2D eigenvalue weighted by molar-refractivity contribution is 1.38. The van der Waals surface area contributed by atoms with Crippen molar-refractivity contribution in [2.45, 2.75) is 6.92 Å². The van der Waals surface area contributed by atoms with E-state index in [0.717, 1.165) is 21.5 Å². The van der Waals surface area contributed by atoms with Crippen LogP contribution in [0.15, 0.2) is 70.8 Å². The van der Waals surface area contributed by atoms with Crippen LogP contribution >= 0.6 is 28.1 Å². The van der Waals surface area contributed by atoms with E-state index in [-0.39, 0.29) is 0 Å². The van der Waals surface area contributed by atoms with Gasteiger partial charge in [0.25, 0.3) is 0 Å². The first-order valence-corrected chi connectivity index (χ1v) is 7.40.